The number of carbonyl (C=O) groups excluding carboxylic acids is 4. The number of benzene rings is 2. The molecule has 2 aromatic rings. The summed E-state index contributed by atoms with van der Waals surface area (Å²) in [6.45, 7) is 1.57. The van der Waals surface area contributed by atoms with Crippen LogP contribution in [0.2, 0.25) is 0 Å². The summed E-state index contributed by atoms with van der Waals surface area (Å²) in [5.74, 6) is -10.6. The first-order chi connectivity index (χ1) is 18.8. The van der Waals surface area contributed by atoms with Gasteiger partial charge < -0.3 is 36.0 Å². The van der Waals surface area contributed by atoms with E-state index in [9.17, 15) is 49.1 Å². The van der Waals surface area contributed by atoms with Crippen LogP contribution in [0.1, 0.15) is 30.4 Å². The maximum atomic E-state index is 13.7. The topological polar surface area (TPSA) is 217 Å². The van der Waals surface area contributed by atoms with Crippen molar-refractivity contribution in [2.24, 2.45) is 17.6 Å². The molecule has 8 N–H and O–H groups in total. The SMILES string of the molecule is C[C@H]1c2ccc(NC(=O)Oc3ccc(F)cc3)c(O)c2C(O)=C2C(=O)[C@]3(O)C(O)=C(C(N)=O)C(=O)C[C@@H]3[C@@H](O)[C@@H]21. The number of aromatic hydroxyl groups is 1. The smallest absolute Gasteiger partial charge is 0.417 e. The maximum absolute atomic E-state index is 13.7. The highest BCUT2D eigenvalue weighted by Crippen LogP contribution is 2.56. The fourth-order valence-electron chi connectivity index (χ4n) is 5.84. The quantitative estimate of drug-likeness (QED) is 0.215. The number of phenols is 1. The molecule has 3 aliphatic rings. The molecule has 208 valence electrons. The summed E-state index contributed by atoms with van der Waals surface area (Å²) in [5.41, 5.74) is 0.378. The van der Waals surface area contributed by atoms with Crippen molar-refractivity contribution in [1.82, 2.24) is 0 Å². The van der Waals surface area contributed by atoms with E-state index < -0.39 is 93.7 Å². The van der Waals surface area contributed by atoms with E-state index in [-0.39, 0.29) is 22.6 Å². The minimum Gasteiger partial charge on any atom is -0.508 e. The molecule has 0 heterocycles. The lowest BCUT2D eigenvalue weighted by Crippen LogP contribution is -2.63. The predicted molar refractivity (Wildman–Crippen MR) is 134 cm³/mol. The number of ether oxygens (including phenoxy) is 1. The number of phenolic OH excluding ortho intramolecular Hbond substituents is 1. The number of aliphatic hydroxyl groups excluding tert-OH is 3. The van der Waals surface area contributed by atoms with Crippen molar-refractivity contribution in [1.29, 1.82) is 0 Å². The first kappa shape index (κ1) is 26.8. The van der Waals surface area contributed by atoms with Crippen molar-refractivity contribution in [3.8, 4) is 11.5 Å². The summed E-state index contributed by atoms with van der Waals surface area (Å²) in [6.07, 6.45) is -3.41. The highest BCUT2D eigenvalue weighted by molar-refractivity contribution is 6.23. The molecule has 13 heteroatoms. The van der Waals surface area contributed by atoms with Crippen molar-refractivity contribution >= 4 is 35.0 Å². The lowest BCUT2D eigenvalue weighted by atomic mass is 9.55. The number of amides is 2. The molecule has 5 rings (SSSR count). The first-order valence-electron chi connectivity index (χ1n) is 12.0. The summed E-state index contributed by atoms with van der Waals surface area (Å²) >= 11 is 0. The number of nitrogens with two attached hydrogens (primary N) is 1. The molecular weight excluding hydrogens is 531 g/mol. The zero-order valence-electron chi connectivity index (χ0n) is 20.7. The third-order valence-corrected chi connectivity index (χ3v) is 7.76. The Morgan fingerprint density at radius 3 is 2.38 bits per heavy atom. The highest BCUT2D eigenvalue weighted by Gasteiger charge is 2.64. The molecule has 0 spiro atoms. The summed E-state index contributed by atoms with van der Waals surface area (Å²) in [5, 5.41) is 57.7. The molecule has 0 unspecified atom stereocenters. The van der Waals surface area contributed by atoms with Crippen LogP contribution in [-0.4, -0.2) is 60.8 Å². The number of aliphatic hydroxyl groups is 4. The van der Waals surface area contributed by atoms with E-state index in [1.165, 1.54) is 24.3 Å². The summed E-state index contributed by atoms with van der Waals surface area (Å²) in [4.78, 5) is 50.3. The van der Waals surface area contributed by atoms with Gasteiger partial charge in [0.25, 0.3) is 5.91 Å². The third kappa shape index (κ3) is 3.73. The lowest BCUT2D eigenvalue weighted by molar-refractivity contribution is -0.160. The summed E-state index contributed by atoms with van der Waals surface area (Å²) < 4.78 is 18.1. The second-order valence-electron chi connectivity index (χ2n) is 9.88. The Kier molecular flexibility index (Phi) is 6.16. The van der Waals surface area contributed by atoms with Gasteiger partial charge in [0.2, 0.25) is 5.78 Å². The molecular formula is C27H23FN2O10. The van der Waals surface area contributed by atoms with E-state index in [2.05, 4.69) is 5.32 Å². The van der Waals surface area contributed by atoms with Crippen molar-refractivity contribution in [2.75, 3.05) is 5.32 Å². The van der Waals surface area contributed by atoms with Gasteiger partial charge in [0.05, 0.1) is 17.4 Å². The number of hydrogen-bond acceptors (Lipinski definition) is 10. The van der Waals surface area contributed by atoms with Crippen LogP contribution in [-0.2, 0) is 14.4 Å². The number of nitrogens with one attached hydrogen (secondary N) is 1. The number of Topliss-reactive ketones (excluding diaryl/α,β-unsaturated/α-hetero) is 2. The van der Waals surface area contributed by atoms with Crippen LogP contribution in [0.5, 0.6) is 11.5 Å². The van der Waals surface area contributed by atoms with Crippen molar-refractivity contribution < 1.29 is 53.8 Å². The van der Waals surface area contributed by atoms with Gasteiger partial charge in [-0.2, -0.15) is 0 Å². The first-order valence-corrected chi connectivity index (χ1v) is 12.0. The number of fused-ring (bicyclic) bond motifs is 3. The summed E-state index contributed by atoms with van der Waals surface area (Å²) in [6, 6.07) is 7.24. The van der Waals surface area contributed by atoms with Gasteiger partial charge >= 0.3 is 6.09 Å². The van der Waals surface area contributed by atoms with Crippen LogP contribution in [0.25, 0.3) is 5.76 Å². The standard InChI is InChI=1S/C27H23FN2O10/c1-9-12-6-7-14(30-26(38)40-11-4-2-10(28)3-5-11)21(33)17(12)22(34)19-16(9)20(32)13-8-15(31)18(25(29)37)23(35)27(13,39)24(19)36/h2-7,9,13,16,20,32-35,39H,8H2,1H3,(H2,29,37)(H,30,38)/t9-,13+,16+,20+,27+/m0/s1. The molecule has 40 heavy (non-hydrogen) atoms. The number of anilines is 1. The molecule has 0 saturated heterocycles. The van der Waals surface area contributed by atoms with Gasteiger partial charge in [-0.15, -0.1) is 0 Å². The van der Waals surface area contributed by atoms with Gasteiger partial charge in [-0.05, 0) is 41.8 Å². The molecule has 12 nitrogen and oxygen atoms in total. The lowest BCUT2D eigenvalue weighted by Gasteiger charge is -2.50. The number of primary amides is 1. The van der Waals surface area contributed by atoms with Crippen molar-refractivity contribution in [2.45, 2.75) is 31.0 Å². The Labute approximate surface area is 224 Å². The molecule has 0 bridgehead atoms. The molecule has 2 amide bonds. The van der Waals surface area contributed by atoms with Crippen LogP contribution in [0, 0.1) is 17.7 Å². The van der Waals surface area contributed by atoms with E-state index in [0.29, 0.717) is 0 Å². The fourth-order valence-corrected chi connectivity index (χ4v) is 5.84. The van der Waals surface area contributed by atoms with E-state index in [0.717, 1.165) is 12.1 Å². The van der Waals surface area contributed by atoms with Gasteiger partial charge in [0.1, 0.15) is 34.4 Å². The molecule has 2 aromatic carbocycles. The molecule has 1 saturated carbocycles. The van der Waals surface area contributed by atoms with Crippen LogP contribution in [0.4, 0.5) is 14.9 Å². The number of rotatable bonds is 3. The molecule has 0 aliphatic heterocycles. The van der Waals surface area contributed by atoms with E-state index in [4.69, 9.17) is 10.5 Å². The fraction of sp³-hybridized carbons (Fsp3) is 0.259. The second-order valence-corrected chi connectivity index (χ2v) is 9.88. The zero-order chi connectivity index (χ0) is 29.3. The molecule has 5 atom stereocenters. The second kappa shape index (κ2) is 9.17. The Morgan fingerprint density at radius 2 is 1.75 bits per heavy atom. The average Bonchev–Trinajstić information content (AvgIpc) is 2.89. The number of halogens is 1. The zero-order valence-corrected chi connectivity index (χ0v) is 20.7. The Morgan fingerprint density at radius 1 is 1.10 bits per heavy atom. The van der Waals surface area contributed by atoms with Crippen LogP contribution in [0.3, 0.4) is 0 Å². The Balaban J connectivity index is 1.58. The normalized spacial score (nSPS) is 27.5. The predicted octanol–water partition coefficient (Wildman–Crippen LogP) is 1.71. The molecule has 3 aliphatic carbocycles. The molecule has 1 fully saturated rings. The van der Waals surface area contributed by atoms with E-state index >= 15 is 0 Å². The number of carbonyl (C=O) groups is 4. The van der Waals surface area contributed by atoms with Gasteiger partial charge in [0, 0.05) is 23.8 Å². The van der Waals surface area contributed by atoms with Crippen LogP contribution >= 0.6 is 0 Å². The van der Waals surface area contributed by atoms with Gasteiger partial charge in [-0.25, -0.2) is 9.18 Å². The minimum absolute atomic E-state index is 0.00322. The number of hydrogen-bond donors (Lipinski definition) is 7. The molecule has 0 aromatic heterocycles. The van der Waals surface area contributed by atoms with Gasteiger partial charge in [-0.3, -0.25) is 19.7 Å². The minimum atomic E-state index is -2.96. The molecule has 0 radical (unpaired) electrons. The third-order valence-electron chi connectivity index (χ3n) is 7.76. The number of ketones is 2. The Bertz CT molecular complexity index is 1560. The average molecular weight is 554 g/mol. The van der Waals surface area contributed by atoms with Crippen LogP contribution in [0.15, 0.2) is 53.3 Å². The van der Waals surface area contributed by atoms with E-state index in [1.807, 2.05) is 0 Å². The van der Waals surface area contributed by atoms with Crippen LogP contribution < -0.4 is 15.8 Å². The van der Waals surface area contributed by atoms with Gasteiger partial charge in [0.15, 0.2) is 11.4 Å². The van der Waals surface area contributed by atoms with E-state index in [1.54, 1.807) is 6.92 Å². The summed E-state index contributed by atoms with van der Waals surface area (Å²) in [7, 11) is 0. The van der Waals surface area contributed by atoms with Gasteiger partial charge in [-0.1, -0.05) is 13.0 Å². The van der Waals surface area contributed by atoms with Crippen molar-refractivity contribution in [3.05, 3.63) is 70.2 Å². The Hall–Kier alpha value is -4.75. The monoisotopic (exact) mass is 554 g/mol. The maximum Gasteiger partial charge on any atom is 0.417 e. The highest BCUT2D eigenvalue weighted by atomic mass is 19.1. The van der Waals surface area contributed by atoms with Crippen molar-refractivity contribution in [3.63, 3.8) is 0 Å². The largest absolute Gasteiger partial charge is 0.508 e.